The van der Waals surface area contributed by atoms with Crippen molar-refractivity contribution < 1.29 is 23.1 Å². The number of thiophene rings is 1. The Labute approximate surface area is 173 Å². The van der Waals surface area contributed by atoms with Gasteiger partial charge in [0.2, 0.25) is 0 Å². The Hall–Kier alpha value is -2.02. The molecule has 1 N–H and O–H groups in total. The van der Waals surface area contributed by atoms with Crippen LogP contribution in [0.1, 0.15) is 27.2 Å². The van der Waals surface area contributed by atoms with Gasteiger partial charge in [0.05, 0.1) is 15.5 Å². The van der Waals surface area contributed by atoms with Gasteiger partial charge in [0, 0.05) is 11.3 Å². The molecule has 146 valence electrons. The number of halogens is 5. The minimum absolute atomic E-state index is 0.0485. The Balaban J connectivity index is 1.70. The van der Waals surface area contributed by atoms with Crippen LogP contribution in [0.5, 0.6) is 5.75 Å². The molecule has 0 amide bonds. The number of hydrogen-bond donors (Lipinski definition) is 1. The summed E-state index contributed by atoms with van der Waals surface area (Å²) < 4.78 is 38.0. The van der Waals surface area contributed by atoms with Gasteiger partial charge in [-0.3, -0.25) is 4.79 Å². The SMILES string of the molecule is O=C(CCc1ccc(O)c(Cl)c1Cl)c1ccc(-c2ccc(C(F)(F)F)cc2)s1. The van der Waals surface area contributed by atoms with E-state index in [4.69, 9.17) is 23.2 Å². The highest BCUT2D eigenvalue weighted by atomic mass is 35.5. The lowest BCUT2D eigenvalue weighted by molar-refractivity contribution is -0.137. The van der Waals surface area contributed by atoms with Gasteiger partial charge in [0.1, 0.15) is 10.8 Å². The zero-order valence-electron chi connectivity index (χ0n) is 14.2. The van der Waals surface area contributed by atoms with Crippen LogP contribution in [0.4, 0.5) is 13.2 Å². The van der Waals surface area contributed by atoms with Gasteiger partial charge >= 0.3 is 6.18 Å². The number of ketones is 1. The molecule has 0 saturated heterocycles. The first-order valence-corrected chi connectivity index (χ1v) is 9.70. The molecule has 1 aromatic heterocycles. The maximum absolute atomic E-state index is 12.7. The predicted molar refractivity (Wildman–Crippen MR) is 106 cm³/mol. The van der Waals surface area contributed by atoms with Crippen molar-refractivity contribution in [3.63, 3.8) is 0 Å². The van der Waals surface area contributed by atoms with Crippen LogP contribution in [0.3, 0.4) is 0 Å². The Morgan fingerprint density at radius 2 is 1.64 bits per heavy atom. The summed E-state index contributed by atoms with van der Waals surface area (Å²) in [6, 6.07) is 11.2. The van der Waals surface area contributed by atoms with Crippen LogP contribution >= 0.6 is 34.5 Å². The second-order valence-electron chi connectivity index (χ2n) is 6.03. The van der Waals surface area contributed by atoms with Gasteiger partial charge in [0.15, 0.2) is 5.78 Å². The third-order valence-electron chi connectivity index (χ3n) is 4.14. The highest BCUT2D eigenvalue weighted by molar-refractivity contribution is 7.17. The van der Waals surface area contributed by atoms with Crippen molar-refractivity contribution in [3.8, 4) is 16.2 Å². The average Bonchev–Trinajstić information content (AvgIpc) is 3.15. The van der Waals surface area contributed by atoms with Crippen LogP contribution in [0, 0.1) is 0 Å². The summed E-state index contributed by atoms with van der Waals surface area (Å²) in [5.74, 6) is -0.232. The number of hydrogen-bond acceptors (Lipinski definition) is 3. The van der Waals surface area contributed by atoms with E-state index >= 15 is 0 Å². The second kappa shape index (κ2) is 8.15. The number of aryl methyl sites for hydroxylation is 1. The number of carbonyl (C=O) groups is 1. The molecule has 0 bridgehead atoms. The maximum Gasteiger partial charge on any atom is 0.416 e. The van der Waals surface area contributed by atoms with E-state index in [1.165, 1.54) is 29.5 Å². The van der Waals surface area contributed by atoms with E-state index in [0.717, 1.165) is 12.1 Å². The van der Waals surface area contributed by atoms with E-state index in [9.17, 15) is 23.1 Å². The lowest BCUT2D eigenvalue weighted by atomic mass is 10.1. The molecule has 0 aliphatic carbocycles. The molecule has 0 unspecified atom stereocenters. The number of Topliss-reactive ketones (excluding diaryl/α,β-unsaturated/α-hetero) is 1. The van der Waals surface area contributed by atoms with Gasteiger partial charge in [-0.25, -0.2) is 0 Å². The average molecular weight is 445 g/mol. The molecule has 0 aliphatic heterocycles. The molecular weight excluding hydrogens is 432 g/mol. The van der Waals surface area contributed by atoms with Crippen LogP contribution in [-0.2, 0) is 12.6 Å². The van der Waals surface area contributed by atoms with E-state index < -0.39 is 11.7 Å². The van der Waals surface area contributed by atoms with E-state index in [1.807, 2.05) is 0 Å². The largest absolute Gasteiger partial charge is 0.506 e. The topological polar surface area (TPSA) is 37.3 Å². The van der Waals surface area contributed by atoms with Crippen LogP contribution < -0.4 is 0 Å². The summed E-state index contributed by atoms with van der Waals surface area (Å²) >= 11 is 13.2. The van der Waals surface area contributed by atoms with Gasteiger partial charge in [-0.2, -0.15) is 13.2 Å². The number of aromatic hydroxyl groups is 1. The second-order valence-corrected chi connectivity index (χ2v) is 7.87. The first-order chi connectivity index (χ1) is 13.2. The fourth-order valence-electron chi connectivity index (χ4n) is 2.61. The molecule has 0 saturated carbocycles. The summed E-state index contributed by atoms with van der Waals surface area (Å²) in [5, 5.41) is 9.77. The predicted octanol–water partition coefficient (Wildman–Crippen LogP) is 7.26. The number of benzene rings is 2. The smallest absolute Gasteiger partial charge is 0.416 e. The van der Waals surface area contributed by atoms with Crippen molar-refractivity contribution in [3.05, 3.63) is 74.6 Å². The summed E-state index contributed by atoms with van der Waals surface area (Å²) in [4.78, 5) is 13.7. The third-order valence-corrected chi connectivity index (χ3v) is 6.23. The highest BCUT2D eigenvalue weighted by Crippen LogP contribution is 2.35. The lowest BCUT2D eigenvalue weighted by Gasteiger charge is -2.07. The monoisotopic (exact) mass is 444 g/mol. The Bertz CT molecular complexity index is 1010. The molecule has 3 aromatic rings. The fourth-order valence-corrected chi connectivity index (χ4v) is 4.03. The third kappa shape index (κ3) is 4.51. The van der Waals surface area contributed by atoms with E-state index in [0.29, 0.717) is 27.3 Å². The summed E-state index contributed by atoms with van der Waals surface area (Å²) in [7, 11) is 0. The number of phenols is 1. The van der Waals surface area contributed by atoms with Crippen LogP contribution in [0.15, 0.2) is 48.5 Å². The first-order valence-electron chi connectivity index (χ1n) is 8.13. The van der Waals surface area contributed by atoms with Crippen LogP contribution in [-0.4, -0.2) is 10.9 Å². The first kappa shape index (κ1) is 20.7. The summed E-state index contributed by atoms with van der Waals surface area (Å²) in [6.07, 6.45) is -3.84. The van der Waals surface area contributed by atoms with E-state index in [2.05, 4.69) is 0 Å². The molecule has 2 nitrogen and oxygen atoms in total. The maximum atomic E-state index is 12.7. The van der Waals surface area contributed by atoms with Crippen molar-refractivity contribution in [2.75, 3.05) is 0 Å². The molecule has 0 atom stereocenters. The van der Waals surface area contributed by atoms with Gasteiger partial charge in [-0.15, -0.1) is 11.3 Å². The normalized spacial score (nSPS) is 11.6. The van der Waals surface area contributed by atoms with Crippen molar-refractivity contribution >= 4 is 40.3 Å². The van der Waals surface area contributed by atoms with Crippen molar-refractivity contribution in [2.45, 2.75) is 19.0 Å². The van der Waals surface area contributed by atoms with Gasteiger partial charge in [0.25, 0.3) is 0 Å². The van der Waals surface area contributed by atoms with Crippen LogP contribution in [0.25, 0.3) is 10.4 Å². The summed E-state index contributed by atoms with van der Waals surface area (Å²) in [5.41, 5.74) is 0.552. The van der Waals surface area contributed by atoms with Gasteiger partial charge < -0.3 is 5.11 Å². The number of phenolic OH excluding ortho intramolecular Hbond substituents is 1. The molecule has 8 heteroatoms. The molecule has 2 aromatic carbocycles. The minimum atomic E-state index is -4.38. The quantitative estimate of drug-likeness (QED) is 0.420. The Morgan fingerprint density at radius 3 is 2.29 bits per heavy atom. The van der Waals surface area contributed by atoms with E-state index in [-0.39, 0.29) is 28.0 Å². The molecule has 0 fully saturated rings. The van der Waals surface area contributed by atoms with Crippen molar-refractivity contribution in [1.29, 1.82) is 0 Å². The Morgan fingerprint density at radius 1 is 0.964 bits per heavy atom. The van der Waals surface area contributed by atoms with Crippen molar-refractivity contribution in [1.82, 2.24) is 0 Å². The number of alkyl halides is 3. The molecule has 0 aliphatic rings. The molecular formula is C20H13Cl2F3O2S. The van der Waals surface area contributed by atoms with Crippen molar-refractivity contribution in [2.24, 2.45) is 0 Å². The van der Waals surface area contributed by atoms with Crippen LogP contribution in [0.2, 0.25) is 10.0 Å². The molecule has 1 heterocycles. The van der Waals surface area contributed by atoms with Gasteiger partial charge in [-0.05, 0) is 47.9 Å². The highest BCUT2D eigenvalue weighted by Gasteiger charge is 2.30. The molecule has 0 spiro atoms. The zero-order chi connectivity index (χ0) is 20.5. The standard InChI is InChI=1S/C20H13Cl2F3O2S/c21-18-12(4-8-15(27)19(18)22)3-7-14(26)17-10-9-16(28-17)11-1-5-13(6-2-11)20(23,24)25/h1-2,4-6,8-10,27H,3,7H2. The van der Waals surface area contributed by atoms with Gasteiger partial charge in [-0.1, -0.05) is 41.4 Å². The lowest BCUT2D eigenvalue weighted by Crippen LogP contribution is -2.03. The Kier molecular flexibility index (Phi) is 6.03. The fraction of sp³-hybridized carbons (Fsp3) is 0.150. The van der Waals surface area contributed by atoms with E-state index in [1.54, 1.807) is 18.2 Å². The zero-order valence-corrected chi connectivity index (χ0v) is 16.5. The minimum Gasteiger partial charge on any atom is -0.506 e. The molecule has 28 heavy (non-hydrogen) atoms. The number of carbonyl (C=O) groups excluding carboxylic acids is 1. The molecule has 3 rings (SSSR count). The summed E-state index contributed by atoms with van der Waals surface area (Å²) in [6.45, 7) is 0. The number of rotatable bonds is 5. The molecule has 0 radical (unpaired) electrons.